The lowest BCUT2D eigenvalue weighted by molar-refractivity contribution is 0.0137. The Morgan fingerprint density at radius 2 is 2.12 bits per heavy atom. The van der Waals surface area contributed by atoms with Crippen molar-refractivity contribution >= 4 is 0 Å². The SMILES string of the molecule is CNCCC(O)C(O)c1ccc(C#N)cc1C. The van der Waals surface area contributed by atoms with Crippen molar-refractivity contribution in [2.24, 2.45) is 0 Å². The molecule has 0 saturated carbocycles. The van der Waals surface area contributed by atoms with E-state index in [4.69, 9.17) is 5.26 Å². The second-order valence-electron chi connectivity index (χ2n) is 4.09. The van der Waals surface area contributed by atoms with E-state index in [9.17, 15) is 10.2 Å². The summed E-state index contributed by atoms with van der Waals surface area (Å²) >= 11 is 0. The van der Waals surface area contributed by atoms with Crippen molar-refractivity contribution in [3.63, 3.8) is 0 Å². The minimum atomic E-state index is -0.906. The number of aliphatic hydroxyl groups excluding tert-OH is 2. The maximum Gasteiger partial charge on any atom is 0.105 e. The molecule has 17 heavy (non-hydrogen) atoms. The zero-order valence-corrected chi connectivity index (χ0v) is 10.1. The van der Waals surface area contributed by atoms with Crippen LogP contribution in [-0.4, -0.2) is 29.9 Å². The molecule has 92 valence electrons. The van der Waals surface area contributed by atoms with Gasteiger partial charge in [0.1, 0.15) is 6.10 Å². The van der Waals surface area contributed by atoms with Crippen molar-refractivity contribution in [1.29, 1.82) is 5.26 Å². The fourth-order valence-corrected chi connectivity index (χ4v) is 1.73. The summed E-state index contributed by atoms with van der Waals surface area (Å²) in [6.45, 7) is 2.47. The molecule has 1 rings (SSSR count). The molecule has 4 heteroatoms. The van der Waals surface area contributed by atoms with Crippen LogP contribution in [0.3, 0.4) is 0 Å². The smallest absolute Gasteiger partial charge is 0.105 e. The molecule has 0 heterocycles. The molecule has 2 atom stereocenters. The maximum absolute atomic E-state index is 10.00. The molecule has 0 aliphatic heterocycles. The lowest BCUT2D eigenvalue weighted by Crippen LogP contribution is -2.23. The first-order chi connectivity index (χ1) is 8.10. The summed E-state index contributed by atoms with van der Waals surface area (Å²) in [6, 6.07) is 7.10. The molecule has 0 aliphatic rings. The predicted octanol–water partition coefficient (Wildman–Crippen LogP) is 0.871. The number of hydrogen-bond acceptors (Lipinski definition) is 4. The summed E-state index contributed by atoms with van der Waals surface area (Å²) in [5.74, 6) is 0. The van der Waals surface area contributed by atoms with Gasteiger partial charge in [-0.1, -0.05) is 6.07 Å². The number of aliphatic hydroxyl groups is 2. The molecule has 3 N–H and O–H groups in total. The molecular formula is C13H18N2O2. The van der Waals surface area contributed by atoms with E-state index in [0.29, 0.717) is 24.1 Å². The molecule has 1 aromatic rings. The zero-order valence-electron chi connectivity index (χ0n) is 10.1. The Morgan fingerprint density at radius 1 is 1.41 bits per heavy atom. The molecular weight excluding hydrogens is 216 g/mol. The standard InChI is InChI=1S/C13H18N2O2/c1-9-7-10(8-14)3-4-11(9)13(17)12(16)5-6-15-2/h3-4,7,12-13,15-17H,5-6H2,1-2H3. The van der Waals surface area contributed by atoms with Crippen LogP contribution in [0, 0.1) is 18.3 Å². The summed E-state index contributed by atoms with van der Waals surface area (Å²) in [6.07, 6.45) is -1.22. The Balaban J connectivity index is 2.82. The first kappa shape index (κ1) is 13.7. The third-order valence-electron chi connectivity index (χ3n) is 2.77. The molecule has 1 aromatic carbocycles. The topological polar surface area (TPSA) is 76.3 Å². The third-order valence-corrected chi connectivity index (χ3v) is 2.77. The van der Waals surface area contributed by atoms with Gasteiger partial charge in [-0.3, -0.25) is 0 Å². The van der Waals surface area contributed by atoms with Gasteiger partial charge < -0.3 is 15.5 Å². The van der Waals surface area contributed by atoms with E-state index < -0.39 is 12.2 Å². The first-order valence-electron chi connectivity index (χ1n) is 5.61. The Kier molecular flexibility index (Phi) is 5.11. The lowest BCUT2D eigenvalue weighted by atomic mass is 9.96. The van der Waals surface area contributed by atoms with Crippen LogP contribution in [0.4, 0.5) is 0 Å². The second kappa shape index (κ2) is 6.36. The van der Waals surface area contributed by atoms with Crippen molar-refractivity contribution in [3.05, 3.63) is 34.9 Å². The molecule has 0 radical (unpaired) electrons. The average molecular weight is 234 g/mol. The highest BCUT2D eigenvalue weighted by Gasteiger charge is 2.19. The Bertz CT molecular complexity index is 412. The number of rotatable bonds is 5. The van der Waals surface area contributed by atoms with Gasteiger partial charge in [-0.2, -0.15) is 5.26 Å². The fourth-order valence-electron chi connectivity index (χ4n) is 1.73. The van der Waals surface area contributed by atoms with E-state index in [2.05, 4.69) is 5.32 Å². The quantitative estimate of drug-likeness (QED) is 0.706. The van der Waals surface area contributed by atoms with Gasteiger partial charge in [0.2, 0.25) is 0 Å². The van der Waals surface area contributed by atoms with Crippen LogP contribution in [0.15, 0.2) is 18.2 Å². The maximum atomic E-state index is 10.00. The van der Waals surface area contributed by atoms with E-state index in [-0.39, 0.29) is 0 Å². The normalized spacial score (nSPS) is 14.1. The number of aryl methyl sites for hydroxylation is 1. The Labute approximate surface area is 102 Å². The first-order valence-corrected chi connectivity index (χ1v) is 5.61. The van der Waals surface area contributed by atoms with E-state index in [0.717, 1.165) is 5.56 Å². The largest absolute Gasteiger partial charge is 0.390 e. The van der Waals surface area contributed by atoms with Gasteiger partial charge >= 0.3 is 0 Å². The molecule has 2 unspecified atom stereocenters. The highest BCUT2D eigenvalue weighted by atomic mass is 16.3. The summed E-state index contributed by atoms with van der Waals surface area (Å²) in [4.78, 5) is 0. The van der Waals surface area contributed by atoms with Crippen molar-refractivity contribution < 1.29 is 10.2 Å². The highest BCUT2D eigenvalue weighted by Crippen LogP contribution is 2.23. The van der Waals surface area contributed by atoms with Crippen molar-refractivity contribution in [2.75, 3.05) is 13.6 Å². The Morgan fingerprint density at radius 3 is 2.65 bits per heavy atom. The van der Waals surface area contributed by atoms with Crippen LogP contribution >= 0.6 is 0 Å². The van der Waals surface area contributed by atoms with Gasteiger partial charge in [0, 0.05) is 0 Å². The highest BCUT2D eigenvalue weighted by molar-refractivity contribution is 5.38. The van der Waals surface area contributed by atoms with Crippen LogP contribution < -0.4 is 5.32 Å². The number of benzene rings is 1. The van der Waals surface area contributed by atoms with E-state index >= 15 is 0 Å². The summed E-state index contributed by atoms with van der Waals surface area (Å²) in [5, 5.41) is 31.5. The third kappa shape index (κ3) is 3.53. The fraction of sp³-hybridized carbons (Fsp3) is 0.462. The minimum absolute atomic E-state index is 0.483. The molecule has 0 aromatic heterocycles. The molecule has 0 amide bonds. The van der Waals surface area contributed by atoms with Crippen LogP contribution in [0.5, 0.6) is 0 Å². The van der Waals surface area contributed by atoms with E-state index in [1.165, 1.54) is 0 Å². The number of nitrogens with zero attached hydrogens (tertiary/aromatic N) is 1. The van der Waals surface area contributed by atoms with Crippen LogP contribution in [0.2, 0.25) is 0 Å². The molecule has 0 spiro atoms. The van der Waals surface area contributed by atoms with Gasteiger partial charge in [0.25, 0.3) is 0 Å². The van der Waals surface area contributed by atoms with Crippen molar-refractivity contribution in [1.82, 2.24) is 5.32 Å². The minimum Gasteiger partial charge on any atom is -0.390 e. The van der Waals surface area contributed by atoms with Crippen molar-refractivity contribution in [2.45, 2.75) is 25.6 Å². The lowest BCUT2D eigenvalue weighted by Gasteiger charge is -2.19. The molecule has 0 saturated heterocycles. The van der Waals surface area contributed by atoms with Gasteiger partial charge in [0.05, 0.1) is 17.7 Å². The molecule has 0 bridgehead atoms. The van der Waals surface area contributed by atoms with Crippen LogP contribution in [0.1, 0.15) is 29.2 Å². The van der Waals surface area contributed by atoms with Crippen molar-refractivity contribution in [3.8, 4) is 6.07 Å². The van der Waals surface area contributed by atoms with Gasteiger partial charge in [-0.15, -0.1) is 0 Å². The summed E-state index contributed by atoms with van der Waals surface area (Å²) in [7, 11) is 1.80. The average Bonchev–Trinajstić information content (AvgIpc) is 2.34. The molecule has 4 nitrogen and oxygen atoms in total. The Hall–Kier alpha value is -1.41. The number of nitrogens with one attached hydrogen (secondary N) is 1. The van der Waals surface area contributed by atoms with Gasteiger partial charge in [0.15, 0.2) is 0 Å². The molecule has 0 aliphatic carbocycles. The van der Waals surface area contributed by atoms with Crippen LogP contribution in [0.25, 0.3) is 0 Å². The predicted molar refractivity (Wildman–Crippen MR) is 65.4 cm³/mol. The molecule has 0 fully saturated rings. The van der Waals surface area contributed by atoms with Gasteiger partial charge in [-0.25, -0.2) is 0 Å². The zero-order chi connectivity index (χ0) is 12.8. The summed E-state index contributed by atoms with van der Waals surface area (Å²) < 4.78 is 0. The van der Waals surface area contributed by atoms with Gasteiger partial charge in [-0.05, 0) is 50.2 Å². The van der Waals surface area contributed by atoms with Crippen LogP contribution in [-0.2, 0) is 0 Å². The number of nitriles is 1. The second-order valence-corrected chi connectivity index (χ2v) is 4.09. The van der Waals surface area contributed by atoms with E-state index in [1.807, 2.05) is 13.0 Å². The number of hydrogen-bond donors (Lipinski definition) is 3. The monoisotopic (exact) mass is 234 g/mol. The van der Waals surface area contributed by atoms with E-state index in [1.54, 1.807) is 25.2 Å². The summed E-state index contributed by atoms with van der Waals surface area (Å²) in [5.41, 5.74) is 2.05.